The molecule has 2 spiro atoms. The first-order chi connectivity index (χ1) is 14.3. The average molecular weight is 414 g/mol. The number of aromatic nitrogens is 1. The third kappa shape index (κ3) is 3.04. The summed E-state index contributed by atoms with van der Waals surface area (Å²) >= 11 is 0. The number of hydrogen-bond donors (Lipinski definition) is 0. The van der Waals surface area contributed by atoms with E-state index in [0.717, 1.165) is 25.8 Å². The van der Waals surface area contributed by atoms with Crippen molar-refractivity contribution in [3.05, 3.63) is 30.1 Å². The highest BCUT2D eigenvalue weighted by Crippen LogP contribution is 2.58. The van der Waals surface area contributed by atoms with Crippen molar-refractivity contribution in [2.75, 3.05) is 53.4 Å². The number of amides is 4. The zero-order chi connectivity index (χ0) is 21.5. The molecule has 3 aliphatic rings. The maximum absolute atomic E-state index is 13.5. The zero-order valence-corrected chi connectivity index (χ0v) is 18.1. The lowest BCUT2D eigenvalue weighted by molar-refractivity contribution is -0.141. The summed E-state index contributed by atoms with van der Waals surface area (Å²) in [5, 5.41) is 0. The Morgan fingerprint density at radius 1 is 1.03 bits per heavy atom. The van der Waals surface area contributed by atoms with Crippen molar-refractivity contribution in [2.24, 2.45) is 10.8 Å². The fourth-order valence-electron chi connectivity index (χ4n) is 5.71. The van der Waals surface area contributed by atoms with Gasteiger partial charge in [0.15, 0.2) is 0 Å². The minimum atomic E-state index is -0.527. The first-order valence-corrected chi connectivity index (χ1v) is 10.8. The average Bonchev–Trinajstić information content (AvgIpc) is 3.26. The van der Waals surface area contributed by atoms with Gasteiger partial charge in [-0.3, -0.25) is 14.6 Å². The second-order valence-electron chi connectivity index (χ2n) is 9.06. The molecule has 1 aromatic heterocycles. The molecule has 0 unspecified atom stereocenters. The molecule has 1 atom stereocenters. The molecular formula is C22H31N5O3. The Morgan fingerprint density at radius 2 is 1.70 bits per heavy atom. The third-order valence-electron chi connectivity index (χ3n) is 7.44. The second kappa shape index (κ2) is 7.56. The summed E-state index contributed by atoms with van der Waals surface area (Å²) in [5.41, 5.74) is -0.157. The molecule has 0 radical (unpaired) electrons. The molecule has 30 heavy (non-hydrogen) atoms. The van der Waals surface area contributed by atoms with Crippen LogP contribution < -0.4 is 0 Å². The fraction of sp³-hybridized carbons (Fsp3) is 0.636. The lowest BCUT2D eigenvalue weighted by Crippen LogP contribution is -2.53. The van der Waals surface area contributed by atoms with Crippen molar-refractivity contribution in [1.82, 2.24) is 24.6 Å². The molecule has 162 valence electrons. The summed E-state index contributed by atoms with van der Waals surface area (Å²) in [7, 11) is 3.51. The Labute approximate surface area is 177 Å². The molecule has 0 N–H and O–H groups in total. The number of urea groups is 1. The van der Waals surface area contributed by atoms with Gasteiger partial charge in [0.1, 0.15) is 0 Å². The number of likely N-dealkylation sites (tertiary alicyclic amines) is 3. The van der Waals surface area contributed by atoms with Crippen LogP contribution in [0.4, 0.5) is 4.79 Å². The number of pyridine rings is 1. The highest BCUT2D eigenvalue weighted by Gasteiger charge is 2.66. The van der Waals surface area contributed by atoms with Crippen molar-refractivity contribution in [3.63, 3.8) is 0 Å². The van der Waals surface area contributed by atoms with Gasteiger partial charge >= 0.3 is 6.03 Å². The summed E-state index contributed by atoms with van der Waals surface area (Å²) in [6.45, 7) is 5.74. The van der Waals surface area contributed by atoms with Crippen LogP contribution >= 0.6 is 0 Å². The normalized spacial score (nSPS) is 25.4. The molecular weight excluding hydrogens is 382 g/mol. The van der Waals surface area contributed by atoms with E-state index in [1.54, 1.807) is 43.5 Å². The molecule has 4 rings (SSSR count). The number of piperidine rings is 1. The van der Waals surface area contributed by atoms with Crippen LogP contribution in [0.5, 0.6) is 0 Å². The second-order valence-corrected chi connectivity index (χ2v) is 9.06. The monoisotopic (exact) mass is 413 g/mol. The van der Waals surface area contributed by atoms with Crippen LogP contribution in [-0.4, -0.2) is 95.8 Å². The van der Waals surface area contributed by atoms with Crippen LogP contribution in [0.3, 0.4) is 0 Å². The van der Waals surface area contributed by atoms with Gasteiger partial charge in [0.25, 0.3) is 5.91 Å². The maximum atomic E-state index is 13.5. The van der Waals surface area contributed by atoms with E-state index < -0.39 is 5.41 Å². The Morgan fingerprint density at radius 3 is 2.27 bits per heavy atom. The van der Waals surface area contributed by atoms with Gasteiger partial charge in [0, 0.05) is 76.7 Å². The smallest absolute Gasteiger partial charge is 0.319 e. The minimum absolute atomic E-state index is 0.00783. The Balaban J connectivity index is 1.58. The molecule has 0 aromatic carbocycles. The Hall–Kier alpha value is -2.64. The van der Waals surface area contributed by atoms with E-state index in [1.165, 1.54) is 0 Å². The number of rotatable bonds is 2. The van der Waals surface area contributed by atoms with Crippen molar-refractivity contribution in [1.29, 1.82) is 0 Å². The highest BCUT2D eigenvalue weighted by atomic mass is 16.2. The third-order valence-corrected chi connectivity index (χ3v) is 7.44. The van der Waals surface area contributed by atoms with Gasteiger partial charge in [0.05, 0.1) is 5.41 Å². The first kappa shape index (κ1) is 20.6. The molecule has 0 bridgehead atoms. The molecule has 3 saturated heterocycles. The van der Waals surface area contributed by atoms with Gasteiger partial charge < -0.3 is 19.6 Å². The molecule has 8 nitrogen and oxygen atoms in total. The van der Waals surface area contributed by atoms with Crippen LogP contribution in [0.1, 0.15) is 36.5 Å². The van der Waals surface area contributed by atoms with Crippen LogP contribution in [0, 0.1) is 10.8 Å². The SMILES string of the molecule is CCN1CC[C@]2(CN(C(=O)N(C)C)CC23CCN(C(=O)c2ccncc2)CC3)C1=O. The molecule has 3 aliphatic heterocycles. The summed E-state index contributed by atoms with van der Waals surface area (Å²) in [6, 6.07) is 3.44. The van der Waals surface area contributed by atoms with E-state index in [0.29, 0.717) is 38.3 Å². The van der Waals surface area contributed by atoms with Gasteiger partial charge in [0.2, 0.25) is 5.91 Å². The van der Waals surface area contributed by atoms with Gasteiger partial charge in [-0.2, -0.15) is 0 Å². The Kier molecular flexibility index (Phi) is 5.20. The zero-order valence-electron chi connectivity index (χ0n) is 18.1. The first-order valence-electron chi connectivity index (χ1n) is 10.8. The van der Waals surface area contributed by atoms with Gasteiger partial charge in [-0.15, -0.1) is 0 Å². The van der Waals surface area contributed by atoms with Crippen molar-refractivity contribution in [2.45, 2.75) is 26.2 Å². The summed E-state index contributed by atoms with van der Waals surface area (Å²) < 4.78 is 0. The number of nitrogens with zero attached hydrogens (tertiary/aromatic N) is 5. The predicted octanol–water partition coefficient (Wildman–Crippen LogP) is 1.54. The van der Waals surface area contributed by atoms with Crippen LogP contribution in [0.15, 0.2) is 24.5 Å². The quantitative estimate of drug-likeness (QED) is 0.737. The van der Waals surface area contributed by atoms with E-state index in [4.69, 9.17) is 0 Å². The van der Waals surface area contributed by atoms with Crippen molar-refractivity contribution >= 4 is 17.8 Å². The van der Waals surface area contributed by atoms with E-state index in [1.807, 2.05) is 21.6 Å². The fourth-order valence-corrected chi connectivity index (χ4v) is 5.71. The molecule has 4 heterocycles. The molecule has 8 heteroatoms. The number of fused-ring (bicyclic) bond motifs is 1. The molecule has 3 fully saturated rings. The summed E-state index contributed by atoms with van der Waals surface area (Å²) in [6.07, 6.45) is 5.53. The lowest BCUT2D eigenvalue weighted by atomic mass is 9.60. The Bertz CT molecular complexity index is 834. The van der Waals surface area contributed by atoms with E-state index >= 15 is 0 Å². The van der Waals surface area contributed by atoms with E-state index in [-0.39, 0.29) is 23.3 Å². The van der Waals surface area contributed by atoms with Crippen molar-refractivity contribution in [3.8, 4) is 0 Å². The topological polar surface area (TPSA) is 77.1 Å². The summed E-state index contributed by atoms with van der Waals surface area (Å²) in [4.78, 5) is 50.4. The highest BCUT2D eigenvalue weighted by molar-refractivity contribution is 5.94. The standard InChI is InChI=1S/C22H31N5O3/c1-4-25-14-9-22(19(25)29)16-27(20(30)24(2)3)15-21(22)7-12-26(13-8-21)18(28)17-5-10-23-11-6-17/h5-6,10-11H,4,7-9,12-16H2,1-3H3/t22-/m0/s1. The number of carbonyl (C=O) groups is 3. The molecule has 1 aromatic rings. The van der Waals surface area contributed by atoms with E-state index in [9.17, 15) is 14.4 Å². The van der Waals surface area contributed by atoms with Crippen molar-refractivity contribution < 1.29 is 14.4 Å². The van der Waals surface area contributed by atoms with Gasteiger partial charge in [-0.05, 0) is 38.3 Å². The predicted molar refractivity (Wildman–Crippen MR) is 112 cm³/mol. The maximum Gasteiger partial charge on any atom is 0.319 e. The van der Waals surface area contributed by atoms with Gasteiger partial charge in [-0.1, -0.05) is 0 Å². The van der Waals surface area contributed by atoms with Gasteiger partial charge in [-0.25, -0.2) is 4.79 Å². The van der Waals surface area contributed by atoms with E-state index in [2.05, 4.69) is 4.98 Å². The number of carbonyl (C=O) groups excluding carboxylic acids is 3. The lowest BCUT2D eigenvalue weighted by Gasteiger charge is -2.46. The van der Waals surface area contributed by atoms with Crippen LogP contribution in [0.25, 0.3) is 0 Å². The molecule has 0 saturated carbocycles. The van der Waals surface area contributed by atoms with Crippen LogP contribution in [-0.2, 0) is 4.79 Å². The molecule has 4 amide bonds. The largest absolute Gasteiger partial charge is 0.342 e. The summed E-state index contributed by atoms with van der Waals surface area (Å²) in [5.74, 6) is 0.196. The number of hydrogen-bond acceptors (Lipinski definition) is 4. The minimum Gasteiger partial charge on any atom is -0.342 e. The van der Waals surface area contributed by atoms with Crippen LogP contribution in [0.2, 0.25) is 0 Å². The molecule has 0 aliphatic carbocycles.